The van der Waals surface area contributed by atoms with Crippen LogP contribution in [0.15, 0.2) is 48.5 Å². The predicted octanol–water partition coefficient (Wildman–Crippen LogP) is 4.59. The highest BCUT2D eigenvalue weighted by Gasteiger charge is 2.03. The maximum absolute atomic E-state index is 11.9. The number of hydrogen-bond acceptors (Lipinski definition) is 3. The number of carbonyl (C=O) groups is 1. The molecule has 0 bridgehead atoms. The van der Waals surface area contributed by atoms with Gasteiger partial charge in [-0.25, -0.2) is 0 Å². The number of ketones is 1. The number of benzene rings is 2. The van der Waals surface area contributed by atoms with Crippen molar-refractivity contribution in [2.45, 2.75) is 7.43 Å². The molecule has 2 aromatic rings. The highest BCUT2D eigenvalue weighted by atomic mass is 35.5. The molecule has 0 aromatic heterocycles. The number of phenolic OH excluding ortho intramolecular Hbond substituents is 1. The van der Waals surface area contributed by atoms with Crippen LogP contribution >= 0.6 is 11.6 Å². The molecule has 21 heavy (non-hydrogen) atoms. The van der Waals surface area contributed by atoms with Crippen molar-refractivity contribution >= 4 is 23.5 Å². The van der Waals surface area contributed by atoms with Gasteiger partial charge < -0.3 is 9.84 Å². The van der Waals surface area contributed by atoms with Gasteiger partial charge in [-0.3, -0.25) is 4.79 Å². The van der Waals surface area contributed by atoms with Crippen molar-refractivity contribution in [2.75, 3.05) is 7.11 Å². The number of methoxy groups -OCH3 is 1. The maximum Gasteiger partial charge on any atom is 0.185 e. The third-order valence-corrected chi connectivity index (χ3v) is 3.01. The zero-order valence-corrected chi connectivity index (χ0v) is 11.6. The number of halogens is 1. The zero-order chi connectivity index (χ0) is 14.5. The van der Waals surface area contributed by atoms with E-state index in [0.717, 1.165) is 5.56 Å². The van der Waals surface area contributed by atoms with Crippen molar-refractivity contribution in [3.8, 4) is 11.5 Å². The topological polar surface area (TPSA) is 46.5 Å². The lowest BCUT2D eigenvalue weighted by Crippen LogP contribution is -1.93. The third-order valence-electron chi connectivity index (χ3n) is 2.76. The fraction of sp³-hybridized carbons (Fsp3) is 0.118. The lowest BCUT2D eigenvalue weighted by Gasteiger charge is -2.03. The molecule has 110 valence electrons. The normalized spacial score (nSPS) is 10.2. The highest BCUT2D eigenvalue weighted by Crippen LogP contribution is 2.26. The van der Waals surface area contributed by atoms with Crippen molar-refractivity contribution in [1.29, 1.82) is 0 Å². The molecular formula is C17H17ClO3. The van der Waals surface area contributed by atoms with E-state index in [2.05, 4.69) is 0 Å². The molecule has 0 fully saturated rings. The van der Waals surface area contributed by atoms with Crippen LogP contribution in [0.2, 0.25) is 5.02 Å². The monoisotopic (exact) mass is 304 g/mol. The van der Waals surface area contributed by atoms with Crippen LogP contribution in [0.3, 0.4) is 0 Å². The largest absolute Gasteiger partial charge is 0.504 e. The van der Waals surface area contributed by atoms with E-state index < -0.39 is 0 Å². The summed E-state index contributed by atoms with van der Waals surface area (Å²) in [4.78, 5) is 11.9. The molecule has 0 heterocycles. The fourth-order valence-corrected chi connectivity index (χ4v) is 1.81. The SMILES string of the molecule is C.COc1cc(/C=C/C(=O)c2ccc(Cl)cc2)ccc1O. The van der Waals surface area contributed by atoms with E-state index in [4.69, 9.17) is 16.3 Å². The fourth-order valence-electron chi connectivity index (χ4n) is 1.68. The average molecular weight is 305 g/mol. The van der Waals surface area contributed by atoms with Gasteiger partial charge in [0.15, 0.2) is 17.3 Å². The summed E-state index contributed by atoms with van der Waals surface area (Å²) in [7, 11) is 1.47. The Kier molecular flexibility index (Phi) is 6.00. The summed E-state index contributed by atoms with van der Waals surface area (Å²) in [6.07, 6.45) is 3.13. The third kappa shape index (κ3) is 4.36. The van der Waals surface area contributed by atoms with E-state index >= 15 is 0 Å². The molecule has 0 aliphatic carbocycles. The molecule has 2 rings (SSSR count). The number of ether oxygens (including phenoxy) is 1. The van der Waals surface area contributed by atoms with Gasteiger partial charge >= 0.3 is 0 Å². The van der Waals surface area contributed by atoms with Crippen molar-refractivity contribution in [1.82, 2.24) is 0 Å². The Morgan fingerprint density at radius 1 is 1.19 bits per heavy atom. The van der Waals surface area contributed by atoms with Gasteiger partial charge in [-0.2, -0.15) is 0 Å². The van der Waals surface area contributed by atoms with E-state index in [1.165, 1.54) is 19.3 Å². The number of phenols is 1. The van der Waals surface area contributed by atoms with Gasteiger partial charge in [0.2, 0.25) is 0 Å². The van der Waals surface area contributed by atoms with E-state index in [1.54, 1.807) is 42.5 Å². The van der Waals surface area contributed by atoms with Crippen LogP contribution in [0.5, 0.6) is 11.5 Å². The first-order valence-electron chi connectivity index (χ1n) is 5.95. The van der Waals surface area contributed by atoms with Crippen molar-refractivity contribution < 1.29 is 14.6 Å². The molecule has 0 spiro atoms. The first kappa shape index (κ1) is 16.8. The molecule has 0 aliphatic rings. The Labute approximate surface area is 129 Å². The van der Waals surface area contributed by atoms with Gasteiger partial charge in [0.1, 0.15) is 0 Å². The van der Waals surface area contributed by atoms with Gasteiger partial charge in [0.25, 0.3) is 0 Å². The van der Waals surface area contributed by atoms with Crippen LogP contribution in [0.25, 0.3) is 6.08 Å². The molecule has 0 saturated carbocycles. The molecule has 0 amide bonds. The minimum Gasteiger partial charge on any atom is -0.504 e. The molecule has 2 aromatic carbocycles. The summed E-state index contributed by atoms with van der Waals surface area (Å²) in [5.41, 5.74) is 1.33. The minimum absolute atomic E-state index is 0. The number of carbonyl (C=O) groups excluding carboxylic acids is 1. The number of aromatic hydroxyl groups is 1. The van der Waals surface area contributed by atoms with Gasteiger partial charge in [-0.1, -0.05) is 31.2 Å². The zero-order valence-electron chi connectivity index (χ0n) is 10.8. The van der Waals surface area contributed by atoms with Crippen molar-refractivity contribution in [3.05, 3.63) is 64.7 Å². The lowest BCUT2D eigenvalue weighted by atomic mass is 10.1. The van der Waals surface area contributed by atoms with Gasteiger partial charge in [-0.05, 0) is 48.0 Å². The molecule has 4 heteroatoms. The van der Waals surface area contributed by atoms with Crippen LogP contribution in [0, 0.1) is 0 Å². The smallest absolute Gasteiger partial charge is 0.185 e. The molecule has 1 N–H and O–H groups in total. The summed E-state index contributed by atoms with van der Waals surface area (Å²) in [5.74, 6) is 0.313. The predicted molar refractivity (Wildman–Crippen MR) is 86.2 cm³/mol. The molecule has 0 atom stereocenters. The highest BCUT2D eigenvalue weighted by molar-refractivity contribution is 6.30. The summed E-state index contributed by atoms with van der Waals surface area (Å²) in [6.45, 7) is 0. The quantitative estimate of drug-likeness (QED) is 0.664. The summed E-state index contributed by atoms with van der Waals surface area (Å²) < 4.78 is 5.01. The first-order chi connectivity index (χ1) is 9.60. The molecule has 0 unspecified atom stereocenters. The van der Waals surface area contributed by atoms with Gasteiger partial charge in [0, 0.05) is 10.6 Å². The Morgan fingerprint density at radius 3 is 2.48 bits per heavy atom. The molecular weight excluding hydrogens is 288 g/mol. The molecule has 0 saturated heterocycles. The van der Waals surface area contributed by atoms with Crippen molar-refractivity contribution in [2.24, 2.45) is 0 Å². The second kappa shape index (κ2) is 7.50. The first-order valence-corrected chi connectivity index (χ1v) is 6.33. The average Bonchev–Trinajstić information content (AvgIpc) is 2.46. The second-order valence-corrected chi connectivity index (χ2v) is 4.57. The Bertz CT molecular complexity index is 646. The minimum atomic E-state index is -0.117. The second-order valence-electron chi connectivity index (χ2n) is 4.14. The van der Waals surface area contributed by atoms with Gasteiger partial charge in [-0.15, -0.1) is 0 Å². The van der Waals surface area contributed by atoms with Crippen LogP contribution in [0.1, 0.15) is 23.3 Å². The van der Waals surface area contributed by atoms with E-state index in [1.807, 2.05) is 0 Å². The summed E-state index contributed by atoms with van der Waals surface area (Å²) in [6, 6.07) is 11.6. The van der Waals surface area contributed by atoms with Crippen molar-refractivity contribution in [3.63, 3.8) is 0 Å². The van der Waals surface area contributed by atoms with Crippen LogP contribution in [-0.2, 0) is 0 Å². The Balaban J connectivity index is 0.00000220. The van der Waals surface area contributed by atoms with E-state index in [0.29, 0.717) is 16.3 Å². The lowest BCUT2D eigenvalue weighted by molar-refractivity contribution is 0.104. The summed E-state index contributed by atoms with van der Waals surface area (Å²) in [5, 5.41) is 10.1. The Hall–Kier alpha value is -2.26. The number of hydrogen-bond donors (Lipinski definition) is 1. The Morgan fingerprint density at radius 2 is 1.86 bits per heavy atom. The molecule has 0 aliphatic heterocycles. The maximum atomic E-state index is 11.9. The van der Waals surface area contributed by atoms with E-state index in [-0.39, 0.29) is 19.0 Å². The molecule has 3 nitrogen and oxygen atoms in total. The van der Waals surface area contributed by atoms with Crippen LogP contribution < -0.4 is 4.74 Å². The van der Waals surface area contributed by atoms with Crippen LogP contribution in [-0.4, -0.2) is 18.0 Å². The van der Waals surface area contributed by atoms with Crippen LogP contribution in [0.4, 0.5) is 0 Å². The number of rotatable bonds is 4. The standard InChI is InChI=1S/C16H13ClO3.CH4/c1-20-16-10-11(3-9-15(16)19)2-8-14(18)12-4-6-13(17)7-5-12;/h2-10,19H,1H3;1H4/b8-2+;. The molecule has 0 radical (unpaired) electrons. The van der Waals surface area contributed by atoms with E-state index in [9.17, 15) is 9.90 Å². The number of allylic oxidation sites excluding steroid dienone is 1. The summed E-state index contributed by atoms with van der Waals surface area (Å²) >= 11 is 5.77. The van der Waals surface area contributed by atoms with Gasteiger partial charge in [0.05, 0.1) is 7.11 Å².